The lowest BCUT2D eigenvalue weighted by molar-refractivity contribution is 0.0717. The van der Waals surface area contributed by atoms with Crippen LogP contribution in [0.2, 0.25) is 5.02 Å². The lowest BCUT2D eigenvalue weighted by atomic mass is 10.1. The number of amides is 1. The monoisotopic (exact) mass is 576 g/mol. The molecule has 2 bridgehead atoms. The Balaban J connectivity index is 1.43. The van der Waals surface area contributed by atoms with Gasteiger partial charge in [0.05, 0.1) is 27.2 Å². The Labute approximate surface area is 237 Å². The second-order valence-electron chi connectivity index (χ2n) is 11.8. The van der Waals surface area contributed by atoms with Crippen molar-refractivity contribution in [1.82, 2.24) is 18.6 Å². The Bertz CT molecular complexity index is 1660. The van der Waals surface area contributed by atoms with Crippen molar-refractivity contribution in [3.8, 4) is 0 Å². The van der Waals surface area contributed by atoms with Crippen LogP contribution < -0.4 is 4.90 Å². The van der Waals surface area contributed by atoms with Crippen molar-refractivity contribution < 1.29 is 21.7 Å². The lowest BCUT2D eigenvalue weighted by Crippen LogP contribution is -2.56. The van der Waals surface area contributed by atoms with Gasteiger partial charge < -0.3 is 9.80 Å². The van der Waals surface area contributed by atoms with Crippen LogP contribution in [0, 0.1) is 5.82 Å². The second kappa shape index (κ2) is 9.17. The molecule has 2 atom stereocenters. The number of likely N-dealkylation sites (tertiary alicyclic amines) is 1. The van der Waals surface area contributed by atoms with Crippen molar-refractivity contribution in [1.29, 1.82) is 0 Å². The van der Waals surface area contributed by atoms with E-state index < -0.39 is 28.4 Å². The number of aromatic nitrogens is 2. The average Bonchev–Trinajstić information content (AvgIpc) is 3.56. The molecule has 11 heteroatoms. The fourth-order valence-electron chi connectivity index (χ4n) is 5.82. The molecule has 0 unspecified atom stereocenters. The molecule has 0 radical (unpaired) electrons. The highest BCUT2D eigenvalue weighted by Crippen LogP contribution is 2.43. The molecule has 4 heterocycles. The van der Waals surface area contributed by atoms with Gasteiger partial charge in [-0.1, -0.05) is 11.6 Å². The van der Waals surface area contributed by atoms with Crippen LogP contribution in [0.25, 0.3) is 5.52 Å². The van der Waals surface area contributed by atoms with Crippen molar-refractivity contribution >= 4 is 38.9 Å². The van der Waals surface area contributed by atoms with Crippen molar-refractivity contribution in [3.05, 3.63) is 58.8 Å². The Hall–Kier alpha value is -2.69. The van der Waals surface area contributed by atoms with E-state index in [4.69, 9.17) is 15.7 Å². The predicted molar refractivity (Wildman–Crippen MR) is 148 cm³/mol. The van der Waals surface area contributed by atoms with E-state index in [9.17, 15) is 17.6 Å². The third-order valence-electron chi connectivity index (χ3n) is 7.89. The van der Waals surface area contributed by atoms with Crippen molar-refractivity contribution in [2.75, 3.05) is 25.0 Å². The molecule has 8 nitrogen and oxygen atoms in total. The van der Waals surface area contributed by atoms with Gasteiger partial charge in [0.25, 0.3) is 5.91 Å². The number of imidazole rings is 1. The van der Waals surface area contributed by atoms with Crippen LogP contribution in [-0.2, 0) is 10.0 Å². The SMILES string of the molecule is [2H]C([2H])([2H])N(C(C)(C)C)S(=O)(=O)c1cc(N2[C@@H]3CC[C@H]2CN(C(=O)c2ccc(F)cc2Cl)C3)n2c(C3CC3)ncc2c1. The summed E-state index contributed by atoms with van der Waals surface area (Å²) in [6.07, 6.45) is 5.18. The summed E-state index contributed by atoms with van der Waals surface area (Å²) in [5.74, 6) is 0.949. The zero-order valence-corrected chi connectivity index (χ0v) is 23.6. The highest BCUT2D eigenvalue weighted by atomic mass is 35.5. The van der Waals surface area contributed by atoms with Gasteiger partial charge in [-0.15, -0.1) is 0 Å². The number of rotatable bonds is 5. The standard InChI is InChI=1S/C28H33ClFN5O3S/c1-28(2,3)32(4)39(37,38)22-12-21-14-31-26(17-5-6-17)35(21)25(13-22)34-19-8-9-20(34)16-33(15-19)27(36)23-10-7-18(30)11-24(23)29/h7,10-14,17,19-20H,5-6,8-9,15-16H2,1-4H3/t19-,20+/i4D3. The minimum atomic E-state index is -4.45. The van der Waals surface area contributed by atoms with Crippen molar-refractivity contribution in [2.24, 2.45) is 0 Å². The average molecular weight is 577 g/mol. The molecule has 3 aliphatic rings. The number of carbonyl (C=O) groups excluding carboxylic acids is 1. The fourth-order valence-corrected chi connectivity index (χ4v) is 7.53. The summed E-state index contributed by atoms with van der Waals surface area (Å²) in [6, 6.07) is 6.56. The summed E-state index contributed by atoms with van der Waals surface area (Å²) < 4.78 is 68.4. The van der Waals surface area contributed by atoms with Gasteiger partial charge in [-0.3, -0.25) is 9.20 Å². The summed E-state index contributed by atoms with van der Waals surface area (Å²) in [4.78, 5) is 21.8. The van der Waals surface area contributed by atoms with Crippen molar-refractivity contribution in [3.63, 3.8) is 0 Å². The molecule has 0 N–H and O–H groups in total. The minimum Gasteiger partial charge on any atom is -0.348 e. The van der Waals surface area contributed by atoms with Crippen molar-refractivity contribution in [2.45, 2.75) is 74.9 Å². The Morgan fingerprint density at radius 2 is 1.82 bits per heavy atom. The zero-order valence-electron chi connectivity index (χ0n) is 25.1. The second-order valence-corrected chi connectivity index (χ2v) is 14.0. The molecule has 208 valence electrons. The predicted octanol–water partition coefficient (Wildman–Crippen LogP) is 4.92. The molecule has 1 aromatic carbocycles. The molecule has 1 saturated carbocycles. The first-order valence-corrected chi connectivity index (χ1v) is 15.0. The van der Waals surface area contributed by atoms with E-state index >= 15 is 0 Å². The number of carbonyl (C=O) groups is 1. The van der Waals surface area contributed by atoms with Crippen LogP contribution in [0.3, 0.4) is 0 Å². The number of benzene rings is 1. The Kier molecular flexibility index (Phi) is 5.42. The number of anilines is 1. The minimum absolute atomic E-state index is 0.0551. The summed E-state index contributed by atoms with van der Waals surface area (Å²) >= 11 is 6.20. The third kappa shape index (κ3) is 4.50. The molecule has 3 fully saturated rings. The van der Waals surface area contributed by atoms with Crippen LogP contribution in [0.5, 0.6) is 0 Å². The van der Waals surface area contributed by atoms with Crippen LogP contribution in [0.4, 0.5) is 10.2 Å². The number of hydrogen-bond acceptors (Lipinski definition) is 5. The number of piperazine rings is 1. The van der Waals surface area contributed by atoms with Gasteiger partial charge in [-0.05, 0) is 76.8 Å². The largest absolute Gasteiger partial charge is 0.348 e. The van der Waals surface area contributed by atoms with Gasteiger partial charge >= 0.3 is 0 Å². The highest BCUT2D eigenvalue weighted by Gasteiger charge is 2.44. The van der Waals surface area contributed by atoms with E-state index in [1.54, 1.807) is 37.9 Å². The Morgan fingerprint density at radius 3 is 2.41 bits per heavy atom. The molecular weight excluding hydrogens is 541 g/mol. The van der Waals surface area contributed by atoms with E-state index in [-0.39, 0.29) is 39.4 Å². The first-order chi connectivity index (χ1) is 19.6. The van der Waals surface area contributed by atoms with E-state index in [1.807, 2.05) is 4.40 Å². The molecule has 0 spiro atoms. The molecule has 39 heavy (non-hydrogen) atoms. The number of sulfonamides is 1. The number of hydrogen-bond donors (Lipinski definition) is 0. The maximum Gasteiger partial charge on any atom is 0.255 e. The Morgan fingerprint density at radius 1 is 1.13 bits per heavy atom. The molecule has 3 aromatic rings. The fraction of sp³-hybridized carbons (Fsp3) is 0.500. The van der Waals surface area contributed by atoms with E-state index in [2.05, 4.69) is 9.88 Å². The van der Waals surface area contributed by atoms with E-state index in [1.165, 1.54) is 18.2 Å². The molecular formula is C28H33ClFN5O3S. The normalized spacial score (nSPS) is 23.3. The summed E-state index contributed by atoms with van der Waals surface area (Å²) in [6.45, 7) is 2.53. The van der Waals surface area contributed by atoms with Gasteiger partial charge in [0, 0.05) is 47.7 Å². The lowest BCUT2D eigenvalue weighted by Gasteiger charge is -2.43. The summed E-state index contributed by atoms with van der Waals surface area (Å²) in [7, 11) is -4.45. The topological polar surface area (TPSA) is 78.2 Å². The van der Waals surface area contributed by atoms with Gasteiger partial charge in [-0.2, -0.15) is 4.31 Å². The van der Waals surface area contributed by atoms with Gasteiger partial charge in [-0.25, -0.2) is 17.8 Å². The van der Waals surface area contributed by atoms with Crippen LogP contribution in [-0.4, -0.2) is 70.6 Å². The first kappa shape index (κ1) is 23.1. The quantitative estimate of drug-likeness (QED) is 0.431. The smallest absolute Gasteiger partial charge is 0.255 e. The number of fused-ring (bicyclic) bond motifs is 3. The molecule has 2 aromatic heterocycles. The molecule has 6 rings (SSSR count). The molecule has 1 aliphatic carbocycles. The van der Waals surface area contributed by atoms with Crippen LogP contribution in [0.1, 0.15) is 72.7 Å². The summed E-state index contributed by atoms with van der Waals surface area (Å²) in [5, 5.41) is 0.0551. The number of pyridine rings is 1. The van der Waals surface area contributed by atoms with Crippen LogP contribution >= 0.6 is 11.6 Å². The zero-order chi connectivity index (χ0) is 30.4. The van der Waals surface area contributed by atoms with E-state index in [0.717, 1.165) is 37.6 Å². The van der Waals surface area contributed by atoms with Gasteiger partial charge in [0.15, 0.2) is 0 Å². The highest BCUT2D eigenvalue weighted by molar-refractivity contribution is 7.89. The third-order valence-corrected chi connectivity index (χ3v) is 10.1. The molecule has 2 saturated heterocycles. The van der Waals surface area contributed by atoms with Crippen LogP contribution in [0.15, 0.2) is 41.4 Å². The number of nitrogens with zero attached hydrogens (tertiary/aromatic N) is 5. The van der Waals surface area contributed by atoms with Gasteiger partial charge in [0.2, 0.25) is 10.0 Å². The van der Waals surface area contributed by atoms with Gasteiger partial charge in [0.1, 0.15) is 17.5 Å². The summed E-state index contributed by atoms with van der Waals surface area (Å²) in [5.41, 5.74) is -0.398. The molecule has 2 aliphatic heterocycles. The molecule has 1 amide bonds. The van der Waals surface area contributed by atoms with E-state index in [0.29, 0.717) is 28.7 Å². The maximum absolute atomic E-state index is 14.0. The number of halogens is 2. The first-order valence-electron chi connectivity index (χ1n) is 14.7. The maximum atomic E-state index is 14.0.